The number of H-pyrrole nitrogens is 1. The lowest BCUT2D eigenvalue weighted by molar-refractivity contribution is 0.252. The van der Waals surface area contributed by atoms with Gasteiger partial charge < -0.3 is 10.6 Å². The quantitative estimate of drug-likeness (QED) is 0.732. The van der Waals surface area contributed by atoms with E-state index in [1.807, 2.05) is 6.92 Å². The highest BCUT2D eigenvalue weighted by molar-refractivity contribution is 6.35. The Labute approximate surface area is 133 Å². The molecule has 0 atom stereocenters. The van der Waals surface area contributed by atoms with Crippen molar-refractivity contribution < 1.29 is 4.79 Å². The molecule has 21 heavy (non-hydrogen) atoms. The van der Waals surface area contributed by atoms with Crippen LogP contribution in [0.25, 0.3) is 0 Å². The molecule has 1 heterocycles. The number of amides is 2. The van der Waals surface area contributed by atoms with E-state index >= 15 is 0 Å². The van der Waals surface area contributed by atoms with Crippen LogP contribution in [-0.4, -0.2) is 22.8 Å². The van der Waals surface area contributed by atoms with E-state index in [0.717, 1.165) is 24.1 Å². The number of rotatable bonds is 5. The Balaban J connectivity index is 1.75. The SMILES string of the molecule is Cc1[nH]ncc1CCCNC(=O)Nc1cc(Cl)ccc1Cl. The molecule has 0 aliphatic carbocycles. The minimum Gasteiger partial charge on any atom is -0.338 e. The third kappa shape index (κ3) is 4.65. The Hall–Kier alpha value is -1.72. The summed E-state index contributed by atoms with van der Waals surface area (Å²) in [6.45, 7) is 2.54. The number of halogens is 2. The predicted octanol–water partition coefficient (Wildman–Crippen LogP) is 3.78. The van der Waals surface area contributed by atoms with E-state index in [2.05, 4.69) is 20.8 Å². The minimum atomic E-state index is -0.303. The summed E-state index contributed by atoms with van der Waals surface area (Å²) in [5, 5.41) is 13.3. The largest absolute Gasteiger partial charge is 0.338 e. The number of nitrogens with one attached hydrogen (secondary N) is 3. The monoisotopic (exact) mass is 326 g/mol. The molecule has 2 rings (SSSR count). The molecule has 0 fully saturated rings. The van der Waals surface area contributed by atoms with Gasteiger partial charge in [0.25, 0.3) is 0 Å². The van der Waals surface area contributed by atoms with Crippen LogP contribution in [0.15, 0.2) is 24.4 Å². The maximum absolute atomic E-state index is 11.8. The van der Waals surface area contributed by atoms with Crippen LogP contribution >= 0.6 is 23.2 Å². The Morgan fingerprint density at radius 2 is 2.19 bits per heavy atom. The first-order chi connectivity index (χ1) is 10.1. The number of benzene rings is 1. The zero-order valence-corrected chi connectivity index (χ0v) is 13.1. The number of hydrogen-bond acceptors (Lipinski definition) is 2. The topological polar surface area (TPSA) is 69.8 Å². The van der Waals surface area contributed by atoms with Crippen molar-refractivity contribution in [2.75, 3.05) is 11.9 Å². The minimum absolute atomic E-state index is 0.303. The highest BCUT2D eigenvalue weighted by Gasteiger charge is 2.06. The Morgan fingerprint density at radius 3 is 2.90 bits per heavy atom. The maximum Gasteiger partial charge on any atom is 0.319 e. The summed E-state index contributed by atoms with van der Waals surface area (Å²) in [6, 6.07) is 4.61. The van der Waals surface area contributed by atoms with Gasteiger partial charge in [-0.3, -0.25) is 5.10 Å². The lowest BCUT2D eigenvalue weighted by Crippen LogP contribution is -2.29. The van der Waals surface area contributed by atoms with E-state index in [4.69, 9.17) is 23.2 Å². The zero-order valence-electron chi connectivity index (χ0n) is 11.5. The molecule has 2 amide bonds. The second kappa shape index (κ2) is 7.33. The molecule has 0 unspecified atom stereocenters. The number of nitrogens with zero attached hydrogens (tertiary/aromatic N) is 1. The molecule has 3 N–H and O–H groups in total. The van der Waals surface area contributed by atoms with Crippen LogP contribution < -0.4 is 10.6 Å². The average Bonchev–Trinajstić information content (AvgIpc) is 2.84. The number of hydrogen-bond donors (Lipinski definition) is 3. The number of carbonyl (C=O) groups excluding carboxylic acids is 1. The lowest BCUT2D eigenvalue weighted by Gasteiger charge is -2.09. The summed E-state index contributed by atoms with van der Waals surface area (Å²) in [5.74, 6) is 0. The van der Waals surface area contributed by atoms with E-state index in [-0.39, 0.29) is 6.03 Å². The van der Waals surface area contributed by atoms with Crippen molar-refractivity contribution in [3.05, 3.63) is 45.7 Å². The van der Waals surface area contributed by atoms with Gasteiger partial charge in [0.05, 0.1) is 16.9 Å². The van der Waals surface area contributed by atoms with Crippen molar-refractivity contribution in [2.24, 2.45) is 0 Å². The zero-order chi connectivity index (χ0) is 15.2. The fourth-order valence-electron chi connectivity index (χ4n) is 1.87. The second-order valence-electron chi connectivity index (χ2n) is 4.63. The van der Waals surface area contributed by atoms with Gasteiger partial charge in [0.2, 0.25) is 0 Å². The number of aromatic amines is 1. The summed E-state index contributed by atoms with van der Waals surface area (Å²) >= 11 is 11.8. The third-order valence-electron chi connectivity index (χ3n) is 3.02. The van der Waals surface area contributed by atoms with Crippen LogP contribution in [0.5, 0.6) is 0 Å². The first-order valence-corrected chi connectivity index (χ1v) is 7.30. The van der Waals surface area contributed by atoms with Crippen LogP contribution in [0.4, 0.5) is 10.5 Å². The van der Waals surface area contributed by atoms with E-state index in [0.29, 0.717) is 22.3 Å². The summed E-state index contributed by atoms with van der Waals surface area (Å²) in [4.78, 5) is 11.8. The maximum atomic E-state index is 11.8. The molecule has 0 aliphatic heterocycles. The first kappa shape index (κ1) is 15.7. The standard InChI is InChI=1S/C14H16Cl2N4O/c1-9-10(8-18-20-9)3-2-6-17-14(21)19-13-7-11(15)4-5-12(13)16/h4-5,7-8H,2-3,6H2,1H3,(H,18,20)(H2,17,19,21). The van der Waals surface area contributed by atoms with Gasteiger partial charge in [-0.05, 0) is 43.5 Å². The van der Waals surface area contributed by atoms with Crippen molar-refractivity contribution in [1.82, 2.24) is 15.5 Å². The van der Waals surface area contributed by atoms with E-state index in [1.54, 1.807) is 24.4 Å². The van der Waals surface area contributed by atoms with Crippen LogP contribution in [0.2, 0.25) is 10.0 Å². The molecule has 0 saturated carbocycles. The average molecular weight is 327 g/mol. The predicted molar refractivity (Wildman–Crippen MR) is 85.1 cm³/mol. The molecular weight excluding hydrogens is 311 g/mol. The number of urea groups is 1. The van der Waals surface area contributed by atoms with Crippen molar-refractivity contribution in [3.63, 3.8) is 0 Å². The smallest absolute Gasteiger partial charge is 0.319 e. The van der Waals surface area contributed by atoms with Gasteiger partial charge in [0.1, 0.15) is 0 Å². The fraction of sp³-hybridized carbons (Fsp3) is 0.286. The molecule has 7 heteroatoms. The summed E-state index contributed by atoms with van der Waals surface area (Å²) in [6.07, 6.45) is 3.50. The van der Waals surface area contributed by atoms with Gasteiger partial charge in [0, 0.05) is 17.3 Å². The highest BCUT2D eigenvalue weighted by Crippen LogP contribution is 2.25. The third-order valence-corrected chi connectivity index (χ3v) is 3.58. The molecule has 1 aromatic heterocycles. The Bertz CT molecular complexity index is 627. The first-order valence-electron chi connectivity index (χ1n) is 6.55. The van der Waals surface area contributed by atoms with Crippen LogP contribution in [0.1, 0.15) is 17.7 Å². The molecule has 1 aromatic carbocycles. The molecule has 112 valence electrons. The molecule has 0 bridgehead atoms. The molecule has 0 aliphatic rings. The summed E-state index contributed by atoms with van der Waals surface area (Å²) in [5.41, 5.74) is 2.72. The van der Waals surface area contributed by atoms with Crippen molar-refractivity contribution in [1.29, 1.82) is 0 Å². The van der Waals surface area contributed by atoms with Gasteiger partial charge in [0.15, 0.2) is 0 Å². The lowest BCUT2D eigenvalue weighted by atomic mass is 10.1. The number of aromatic nitrogens is 2. The van der Waals surface area contributed by atoms with E-state index in [9.17, 15) is 4.79 Å². The molecule has 0 spiro atoms. The molecule has 2 aromatic rings. The second-order valence-corrected chi connectivity index (χ2v) is 5.47. The molecule has 0 radical (unpaired) electrons. The van der Waals surface area contributed by atoms with Gasteiger partial charge in [-0.15, -0.1) is 0 Å². The number of carbonyl (C=O) groups is 1. The molecule has 0 saturated heterocycles. The summed E-state index contributed by atoms with van der Waals surface area (Å²) < 4.78 is 0. The van der Waals surface area contributed by atoms with Crippen molar-refractivity contribution >= 4 is 34.9 Å². The van der Waals surface area contributed by atoms with Crippen molar-refractivity contribution in [2.45, 2.75) is 19.8 Å². The number of anilines is 1. The van der Waals surface area contributed by atoms with Gasteiger partial charge in [-0.25, -0.2) is 4.79 Å². The fourth-order valence-corrected chi connectivity index (χ4v) is 2.21. The van der Waals surface area contributed by atoms with Crippen molar-refractivity contribution in [3.8, 4) is 0 Å². The van der Waals surface area contributed by atoms with Crippen LogP contribution in [-0.2, 0) is 6.42 Å². The summed E-state index contributed by atoms with van der Waals surface area (Å²) in [7, 11) is 0. The van der Waals surface area contributed by atoms with Gasteiger partial charge in [-0.2, -0.15) is 5.10 Å². The Kier molecular flexibility index (Phi) is 5.47. The van der Waals surface area contributed by atoms with Gasteiger partial charge in [-0.1, -0.05) is 23.2 Å². The van der Waals surface area contributed by atoms with Crippen LogP contribution in [0.3, 0.4) is 0 Å². The van der Waals surface area contributed by atoms with Gasteiger partial charge >= 0.3 is 6.03 Å². The van der Waals surface area contributed by atoms with Crippen LogP contribution in [0, 0.1) is 6.92 Å². The highest BCUT2D eigenvalue weighted by atomic mass is 35.5. The van der Waals surface area contributed by atoms with E-state index < -0.39 is 0 Å². The molecular formula is C14H16Cl2N4O. The van der Waals surface area contributed by atoms with E-state index in [1.165, 1.54) is 0 Å². The number of aryl methyl sites for hydroxylation is 2. The normalized spacial score (nSPS) is 10.4. The molecule has 5 nitrogen and oxygen atoms in total. The Morgan fingerprint density at radius 1 is 1.38 bits per heavy atom.